The molecule has 1 fully saturated rings. The maximum atomic E-state index is 13.9. The summed E-state index contributed by atoms with van der Waals surface area (Å²) < 4.78 is 55.5. The van der Waals surface area contributed by atoms with Gasteiger partial charge in [-0.3, -0.25) is 4.79 Å². The Morgan fingerprint density at radius 1 is 1.00 bits per heavy atom. The first-order chi connectivity index (χ1) is 13.9. The molecule has 1 aliphatic rings. The Morgan fingerprint density at radius 3 is 2.34 bits per heavy atom. The Labute approximate surface area is 165 Å². The molecule has 1 aliphatic heterocycles. The number of hydrogen-bond donors (Lipinski definition) is 1. The second kappa shape index (κ2) is 7.58. The van der Waals surface area contributed by atoms with Crippen molar-refractivity contribution in [1.29, 1.82) is 0 Å². The SMILES string of the molecule is O=c1c2ccccc2nnn1C[NH+]1CCN(S(=O)(=O)c2c(F)cccc2F)CC1. The first-order valence-electron chi connectivity index (χ1n) is 8.98. The predicted molar refractivity (Wildman–Crippen MR) is 99.6 cm³/mol. The zero-order valence-electron chi connectivity index (χ0n) is 15.3. The van der Waals surface area contributed by atoms with E-state index in [1.54, 1.807) is 24.3 Å². The second-order valence-electron chi connectivity index (χ2n) is 6.77. The van der Waals surface area contributed by atoms with Crippen LogP contribution in [0.15, 0.2) is 52.2 Å². The standard InChI is InChI=1S/C18H17F2N5O3S/c19-14-5-3-6-15(20)17(14)29(27,28)24-10-8-23(9-11-24)12-25-18(26)13-4-1-2-7-16(13)21-22-25/h1-7H,8-12H2/p+1. The summed E-state index contributed by atoms with van der Waals surface area (Å²) in [5.41, 5.74) is 0.234. The van der Waals surface area contributed by atoms with Gasteiger partial charge in [0.15, 0.2) is 11.6 Å². The first kappa shape index (κ1) is 19.6. The molecule has 0 saturated carbocycles. The normalized spacial score (nSPS) is 16.3. The van der Waals surface area contributed by atoms with Gasteiger partial charge in [-0.15, -0.1) is 5.10 Å². The van der Waals surface area contributed by atoms with Crippen LogP contribution in [0, 0.1) is 11.6 Å². The molecule has 0 unspecified atom stereocenters. The average molecular weight is 422 g/mol. The molecule has 0 radical (unpaired) electrons. The highest BCUT2D eigenvalue weighted by Crippen LogP contribution is 2.22. The molecular weight excluding hydrogens is 404 g/mol. The number of hydrogen-bond acceptors (Lipinski definition) is 5. The number of aromatic nitrogens is 3. The van der Waals surface area contributed by atoms with Crippen molar-refractivity contribution in [3.05, 3.63) is 64.5 Å². The highest BCUT2D eigenvalue weighted by molar-refractivity contribution is 7.89. The van der Waals surface area contributed by atoms with E-state index in [9.17, 15) is 22.0 Å². The molecule has 4 rings (SSSR count). The van der Waals surface area contributed by atoms with Crippen LogP contribution in [-0.2, 0) is 16.7 Å². The lowest BCUT2D eigenvalue weighted by atomic mass is 10.2. The number of benzene rings is 2. The molecule has 11 heteroatoms. The molecule has 1 aromatic heterocycles. The van der Waals surface area contributed by atoms with E-state index in [1.807, 2.05) is 0 Å². The van der Waals surface area contributed by atoms with Crippen LogP contribution in [0.5, 0.6) is 0 Å². The van der Waals surface area contributed by atoms with Gasteiger partial charge in [0.2, 0.25) is 10.0 Å². The van der Waals surface area contributed by atoms with E-state index < -0.39 is 26.6 Å². The number of rotatable bonds is 4. The van der Waals surface area contributed by atoms with Gasteiger partial charge in [-0.1, -0.05) is 23.4 Å². The third-order valence-electron chi connectivity index (χ3n) is 4.95. The van der Waals surface area contributed by atoms with Crippen molar-refractivity contribution in [1.82, 2.24) is 19.3 Å². The summed E-state index contributed by atoms with van der Waals surface area (Å²) in [6.07, 6.45) is 0. The van der Waals surface area contributed by atoms with Gasteiger partial charge in [0.25, 0.3) is 5.56 Å². The first-order valence-corrected chi connectivity index (χ1v) is 10.4. The summed E-state index contributed by atoms with van der Waals surface area (Å²) in [4.78, 5) is 12.5. The Morgan fingerprint density at radius 2 is 1.66 bits per heavy atom. The third kappa shape index (κ3) is 3.63. The van der Waals surface area contributed by atoms with Crippen LogP contribution < -0.4 is 10.5 Å². The van der Waals surface area contributed by atoms with E-state index in [2.05, 4.69) is 10.3 Å². The van der Waals surface area contributed by atoms with Crippen LogP contribution in [-0.4, -0.2) is 53.9 Å². The predicted octanol–water partition coefficient (Wildman–Crippen LogP) is -0.383. The molecule has 0 amide bonds. The van der Waals surface area contributed by atoms with Gasteiger partial charge in [0.1, 0.15) is 17.2 Å². The van der Waals surface area contributed by atoms with Crippen molar-refractivity contribution >= 4 is 20.9 Å². The Bertz CT molecular complexity index is 1200. The van der Waals surface area contributed by atoms with E-state index in [0.717, 1.165) is 27.4 Å². The monoisotopic (exact) mass is 422 g/mol. The summed E-state index contributed by atoms with van der Waals surface area (Å²) in [6, 6.07) is 9.84. The number of sulfonamides is 1. The van der Waals surface area contributed by atoms with Gasteiger partial charge in [0, 0.05) is 0 Å². The smallest absolute Gasteiger partial charge is 0.282 e. The quantitative estimate of drug-likeness (QED) is 0.619. The van der Waals surface area contributed by atoms with Crippen molar-refractivity contribution < 1.29 is 22.1 Å². The zero-order chi connectivity index (χ0) is 20.6. The number of quaternary nitrogens is 1. The van der Waals surface area contributed by atoms with Crippen LogP contribution in [0.3, 0.4) is 0 Å². The molecule has 0 bridgehead atoms. The van der Waals surface area contributed by atoms with Crippen LogP contribution >= 0.6 is 0 Å². The van der Waals surface area contributed by atoms with Gasteiger partial charge >= 0.3 is 0 Å². The van der Waals surface area contributed by atoms with Crippen LogP contribution in [0.2, 0.25) is 0 Å². The Hall–Kier alpha value is -2.76. The summed E-state index contributed by atoms with van der Waals surface area (Å²) >= 11 is 0. The fraction of sp³-hybridized carbons (Fsp3) is 0.278. The van der Waals surface area contributed by atoms with Crippen LogP contribution in [0.25, 0.3) is 10.9 Å². The molecule has 0 spiro atoms. The van der Waals surface area contributed by atoms with Crippen molar-refractivity contribution in [2.75, 3.05) is 26.2 Å². The average Bonchev–Trinajstić information content (AvgIpc) is 2.70. The number of fused-ring (bicyclic) bond motifs is 1. The van der Waals surface area contributed by atoms with Gasteiger partial charge in [0.05, 0.1) is 31.6 Å². The number of piperazine rings is 1. The summed E-state index contributed by atoms with van der Waals surface area (Å²) in [7, 11) is -4.28. The van der Waals surface area contributed by atoms with Gasteiger partial charge < -0.3 is 4.90 Å². The third-order valence-corrected chi connectivity index (χ3v) is 6.90. The van der Waals surface area contributed by atoms with E-state index in [-0.39, 0.29) is 25.3 Å². The van der Waals surface area contributed by atoms with Crippen LogP contribution in [0.4, 0.5) is 8.78 Å². The summed E-state index contributed by atoms with van der Waals surface area (Å²) in [6.45, 7) is 1.08. The lowest BCUT2D eigenvalue weighted by Crippen LogP contribution is -3.14. The minimum absolute atomic E-state index is 0.0706. The summed E-state index contributed by atoms with van der Waals surface area (Å²) in [5, 5.41) is 8.43. The maximum Gasteiger partial charge on any atom is 0.282 e. The fourth-order valence-electron chi connectivity index (χ4n) is 3.40. The molecule has 3 aromatic rings. The molecular formula is C18H18F2N5O3S+. The molecule has 2 aromatic carbocycles. The molecule has 2 heterocycles. The molecule has 0 atom stereocenters. The van der Waals surface area contributed by atoms with Gasteiger partial charge in [-0.05, 0) is 24.3 Å². The molecule has 1 N–H and O–H groups in total. The number of nitrogens with zero attached hydrogens (tertiary/aromatic N) is 4. The molecule has 8 nitrogen and oxygen atoms in total. The van der Waals surface area contributed by atoms with E-state index in [4.69, 9.17) is 0 Å². The van der Waals surface area contributed by atoms with Crippen molar-refractivity contribution in [3.63, 3.8) is 0 Å². The highest BCUT2D eigenvalue weighted by atomic mass is 32.2. The molecule has 1 saturated heterocycles. The Kier molecular flexibility index (Phi) is 5.11. The van der Waals surface area contributed by atoms with Gasteiger partial charge in [-0.2, -0.15) is 8.99 Å². The number of halogens is 2. The zero-order valence-corrected chi connectivity index (χ0v) is 16.1. The fourth-order valence-corrected chi connectivity index (χ4v) is 4.95. The summed E-state index contributed by atoms with van der Waals surface area (Å²) in [5.74, 6) is -2.23. The molecule has 152 valence electrons. The molecule has 29 heavy (non-hydrogen) atoms. The number of nitrogens with one attached hydrogen (secondary N) is 1. The van der Waals surface area contributed by atoms with E-state index in [1.165, 1.54) is 4.68 Å². The lowest BCUT2D eigenvalue weighted by molar-refractivity contribution is -0.927. The second-order valence-corrected chi connectivity index (χ2v) is 8.65. The van der Waals surface area contributed by atoms with E-state index >= 15 is 0 Å². The van der Waals surface area contributed by atoms with Crippen LogP contribution in [0.1, 0.15) is 0 Å². The lowest BCUT2D eigenvalue weighted by Gasteiger charge is -2.31. The molecule has 0 aliphatic carbocycles. The Balaban J connectivity index is 1.49. The maximum absolute atomic E-state index is 13.9. The van der Waals surface area contributed by atoms with Gasteiger partial charge in [-0.25, -0.2) is 17.2 Å². The minimum Gasteiger partial charge on any atom is -0.314 e. The van der Waals surface area contributed by atoms with E-state index in [0.29, 0.717) is 24.0 Å². The van der Waals surface area contributed by atoms with Crippen molar-refractivity contribution in [2.24, 2.45) is 0 Å². The highest BCUT2D eigenvalue weighted by Gasteiger charge is 2.34. The van der Waals surface area contributed by atoms with Crippen molar-refractivity contribution in [3.8, 4) is 0 Å². The van der Waals surface area contributed by atoms with Crippen molar-refractivity contribution in [2.45, 2.75) is 11.6 Å². The topological polar surface area (TPSA) is 89.6 Å². The minimum atomic E-state index is -4.28. The largest absolute Gasteiger partial charge is 0.314 e.